The lowest BCUT2D eigenvalue weighted by Crippen LogP contribution is -2.54. The van der Waals surface area contributed by atoms with E-state index in [1.165, 1.54) is 19.4 Å². The molecule has 19 heavy (non-hydrogen) atoms. The number of ether oxygens (including phenoxy) is 1. The average molecular weight is 270 g/mol. The Labute approximate surface area is 120 Å². The fraction of sp³-hybridized carbons (Fsp3) is 1.00. The first-order valence-corrected chi connectivity index (χ1v) is 8.11. The van der Waals surface area contributed by atoms with Crippen LogP contribution in [0.2, 0.25) is 0 Å². The Balaban J connectivity index is 2.27. The van der Waals surface area contributed by atoms with Crippen LogP contribution in [0.3, 0.4) is 0 Å². The van der Waals surface area contributed by atoms with Crippen molar-refractivity contribution in [2.24, 2.45) is 11.8 Å². The van der Waals surface area contributed by atoms with Crippen molar-refractivity contribution in [2.45, 2.75) is 59.5 Å². The van der Waals surface area contributed by atoms with Gasteiger partial charge in [0.05, 0.1) is 6.61 Å². The molecular formula is C16H34N2O. The highest BCUT2D eigenvalue weighted by molar-refractivity contribution is 4.88. The number of hydrogen-bond acceptors (Lipinski definition) is 3. The maximum Gasteiger partial charge on any atom is 0.0593 e. The Morgan fingerprint density at radius 3 is 2.68 bits per heavy atom. The molecule has 1 fully saturated rings. The van der Waals surface area contributed by atoms with Gasteiger partial charge in [0, 0.05) is 31.8 Å². The standard InChI is InChI=1S/C16H34N2O/c1-6-8-17-16-7-9-18(15(5)14(16)4)10-11-19-12-13(2)3/h13-17H,6-12H2,1-5H3. The zero-order valence-electron chi connectivity index (χ0n) is 13.6. The van der Waals surface area contributed by atoms with E-state index >= 15 is 0 Å². The van der Waals surface area contributed by atoms with Gasteiger partial charge in [0.1, 0.15) is 0 Å². The quantitative estimate of drug-likeness (QED) is 0.686. The van der Waals surface area contributed by atoms with E-state index in [1.807, 2.05) is 0 Å². The van der Waals surface area contributed by atoms with Crippen LogP contribution in [-0.4, -0.2) is 49.8 Å². The summed E-state index contributed by atoms with van der Waals surface area (Å²) in [5.41, 5.74) is 0. The predicted molar refractivity (Wildman–Crippen MR) is 82.6 cm³/mol. The van der Waals surface area contributed by atoms with Crippen molar-refractivity contribution in [3.05, 3.63) is 0 Å². The van der Waals surface area contributed by atoms with E-state index in [0.717, 1.165) is 32.2 Å². The van der Waals surface area contributed by atoms with Gasteiger partial charge >= 0.3 is 0 Å². The summed E-state index contributed by atoms with van der Waals surface area (Å²) in [4.78, 5) is 2.59. The third kappa shape index (κ3) is 5.80. The molecule has 0 aromatic heterocycles. The lowest BCUT2D eigenvalue weighted by atomic mass is 9.87. The van der Waals surface area contributed by atoms with Crippen molar-refractivity contribution in [1.29, 1.82) is 0 Å². The zero-order chi connectivity index (χ0) is 14.3. The number of hydrogen-bond donors (Lipinski definition) is 1. The molecule has 1 rings (SSSR count). The molecule has 1 heterocycles. The Morgan fingerprint density at radius 2 is 2.05 bits per heavy atom. The summed E-state index contributed by atoms with van der Waals surface area (Å²) in [6.07, 6.45) is 2.50. The van der Waals surface area contributed by atoms with Crippen LogP contribution >= 0.6 is 0 Å². The Kier molecular flexibility index (Phi) is 7.96. The fourth-order valence-corrected chi connectivity index (χ4v) is 2.87. The third-order valence-corrected chi connectivity index (χ3v) is 4.33. The van der Waals surface area contributed by atoms with E-state index in [9.17, 15) is 0 Å². The van der Waals surface area contributed by atoms with Crippen molar-refractivity contribution in [1.82, 2.24) is 10.2 Å². The molecule has 114 valence electrons. The van der Waals surface area contributed by atoms with E-state index in [1.54, 1.807) is 0 Å². The fourth-order valence-electron chi connectivity index (χ4n) is 2.87. The molecule has 3 nitrogen and oxygen atoms in total. The summed E-state index contributed by atoms with van der Waals surface area (Å²) in [6, 6.07) is 1.36. The van der Waals surface area contributed by atoms with E-state index in [2.05, 4.69) is 44.8 Å². The summed E-state index contributed by atoms with van der Waals surface area (Å²) >= 11 is 0. The summed E-state index contributed by atoms with van der Waals surface area (Å²) in [7, 11) is 0. The maximum absolute atomic E-state index is 5.72. The first-order valence-electron chi connectivity index (χ1n) is 8.11. The molecule has 0 aromatic rings. The predicted octanol–water partition coefficient (Wildman–Crippen LogP) is 2.76. The van der Waals surface area contributed by atoms with Gasteiger partial charge in [-0.1, -0.05) is 27.7 Å². The molecule has 1 aliphatic rings. The molecule has 3 heteroatoms. The van der Waals surface area contributed by atoms with Gasteiger partial charge in [-0.05, 0) is 38.1 Å². The summed E-state index contributed by atoms with van der Waals surface area (Å²) in [5, 5.41) is 3.70. The second kappa shape index (κ2) is 8.93. The van der Waals surface area contributed by atoms with Crippen LogP contribution in [0.25, 0.3) is 0 Å². The van der Waals surface area contributed by atoms with Crippen molar-refractivity contribution in [3.63, 3.8) is 0 Å². The van der Waals surface area contributed by atoms with Gasteiger partial charge in [-0.25, -0.2) is 0 Å². The van der Waals surface area contributed by atoms with Crippen molar-refractivity contribution in [2.75, 3.05) is 32.8 Å². The molecule has 3 unspecified atom stereocenters. The first-order chi connectivity index (χ1) is 9.06. The van der Waals surface area contributed by atoms with Gasteiger partial charge in [-0.15, -0.1) is 0 Å². The topological polar surface area (TPSA) is 24.5 Å². The number of rotatable bonds is 8. The number of nitrogens with one attached hydrogen (secondary N) is 1. The van der Waals surface area contributed by atoms with Crippen LogP contribution in [-0.2, 0) is 4.74 Å². The molecule has 0 bridgehead atoms. The van der Waals surface area contributed by atoms with E-state index in [-0.39, 0.29) is 0 Å². The summed E-state index contributed by atoms with van der Waals surface area (Å²) in [6.45, 7) is 16.6. The normalized spacial score (nSPS) is 29.1. The minimum atomic E-state index is 0.639. The van der Waals surface area contributed by atoms with Crippen LogP contribution in [0.4, 0.5) is 0 Å². The van der Waals surface area contributed by atoms with Gasteiger partial charge in [0.25, 0.3) is 0 Å². The maximum atomic E-state index is 5.72. The molecule has 3 atom stereocenters. The number of likely N-dealkylation sites (tertiary alicyclic amines) is 1. The average Bonchev–Trinajstić information content (AvgIpc) is 2.38. The lowest BCUT2D eigenvalue weighted by molar-refractivity contribution is 0.0377. The van der Waals surface area contributed by atoms with Crippen molar-refractivity contribution < 1.29 is 4.74 Å². The SMILES string of the molecule is CCCNC1CCN(CCOCC(C)C)C(C)C1C. The second-order valence-corrected chi connectivity index (χ2v) is 6.45. The number of piperidine rings is 1. The molecular weight excluding hydrogens is 236 g/mol. The highest BCUT2D eigenvalue weighted by Gasteiger charge is 2.31. The van der Waals surface area contributed by atoms with Gasteiger partial charge in [0.2, 0.25) is 0 Å². The van der Waals surface area contributed by atoms with Crippen LogP contribution in [0.5, 0.6) is 0 Å². The zero-order valence-corrected chi connectivity index (χ0v) is 13.6. The van der Waals surface area contributed by atoms with E-state index in [4.69, 9.17) is 4.74 Å². The highest BCUT2D eigenvalue weighted by Crippen LogP contribution is 2.23. The van der Waals surface area contributed by atoms with E-state index < -0.39 is 0 Å². The smallest absolute Gasteiger partial charge is 0.0593 e. The molecule has 0 radical (unpaired) electrons. The van der Waals surface area contributed by atoms with Crippen LogP contribution in [0.15, 0.2) is 0 Å². The Hall–Kier alpha value is -0.120. The van der Waals surface area contributed by atoms with Crippen LogP contribution in [0, 0.1) is 11.8 Å². The molecule has 1 N–H and O–H groups in total. The Bertz CT molecular complexity index is 233. The molecule has 1 saturated heterocycles. The number of nitrogens with zero attached hydrogens (tertiary/aromatic N) is 1. The van der Waals surface area contributed by atoms with Crippen molar-refractivity contribution in [3.8, 4) is 0 Å². The summed E-state index contributed by atoms with van der Waals surface area (Å²) in [5.74, 6) is 1.37. The van der Waals surface area contributed by atoms with Gasteiger partial charge in [-0.2, -0.15) is 0 Å². The first kappa shape index (κ1) is 16.9. The molecule has 0 spiro atoms. The second-order valence-electron chi connectivity index (χ2n) is 6.45. The molecule has 0 aliphatic carbocycles. The van der Waals surface area contributed by atoms with Gasteiger partial charge in [-0.3, -0.25) is 4.90 Å². The van der Waals surface area contributed by atoms with Crippen molar-refractivity contribution >= 4 is 0 Å². The molecule has 0 saturated carbocycles. The van der Waals surface area contributed by atoms with Gasteiger partial charge in [0.15, 0.2) is 0 Å². The third-order valence-electron chi connectivity index (χ3n) is 4.33. The molecule has 1 aliphatic heterocycles. The molecule has 0 amide bonds. The largest absolute Gasteiger partial charge is 0.380 e. The lowest BCUT2D eigenvalue weighted by Gasteiger charge is -2.43. The van der Waals surface area contributed by atoms with E-state index in [0.29, 0.717) is 18.0 Å². The van der Waals surface area contributed by atoms with Gasteiger partial charge < -0.3 is 10.1 Å². The monoisotopic (exact) mass is 270 g/mol. The molecule has 0 aromatic carbocycles. The highest BCUT2D eigenvalue weighted by atomic mass is 16.5. The summed E-state index contributed by atoms with van der Waals surface area (Å²) < 4.78 is 5.72. The van der Waals surface area contributed by atoms with Crippen LogP contribution in [0.1, 0.15) is 47.5 Å². The Morgan fingerprint density at radius 1 is 1.32 bits per heavy atom. The minimum absolute atomic E-state index is 0.639. The minimum Gasteiger partial charge on any atom is -0.380 e. The van der Waals surface area contributed by atoms with Crippen LogP contribution < -0.4 is 5.32 Å².